The average Bonchev–Trinajstić information content (AvgIpc) is 3.55. The number of rotatable bonds is 3. The lowest BCUT2D eigenvalue weighted by atomic mass is 9.55. The van der Waals surface area contributed by atoms with Gasteiger partial charge >= 0.3 is 0 Å². The molecule has 0 bridgehead atoms. The van der Waals surface area contributed by atoms with Crippen LogP contribution in [-0.2, 0) is 5.41 Å². The molecule has 1 spiro atoms. The fourth-order valence-electron chi connectivity index (χ4n) is 12.6. The molecule has 2 fully saturated rings. The van der Waals surface area contributed by atoms with Crippen LogP contribution in [0.15, 0.2) is 139 Å². The molecule has 3 heterocycles. The molecule has 1 aromatic rings. The van der Waals surface area contributed by atoms with Crippen molar-refractivity contribution in [1.82, 2.24) is 4.90 Å². The Balaban J connectivity index is 1.15. The van der Waals surface area contributed by atoms with Crippen molar-refractivity contribution in [2.45, 2.75) is 132 Å². The number of fused-ring (bicyclic) bond motifs is 9. The molecule has 0 N–H and O–H groups in total. The topological polar surface area (TPSA) is 3.24 Å². The highest BCUT2D eigenvalue weighted by atomic mass is 32.2. The van der Waals surface area contributed by atoms with Crippen LogP contribution in [0.1, 0.15) is 120 Å². The van der Waals surface area contributed by atoms with Crippen molar-refractivity contribution in [2.75, 3.05) is 0 Å². The molecule has 0 amide bonds. The summed E-state index contributed by atoms with van der Waals surface area (Å²) in [6, 6.07) is 8.83. The highest BCUT2D eigenvalue weighted by molar-refractivity contribution is 8.07. The van der Waals surface area contributed by atoms with E-state index >= 15 is 0 Å². The zero-order chi connectivity index (χ0) is 35.1. The molecule has 0 radical (unpaired) electrons. The maximum absolute atomic E-state index is 3.00. The average molecular weight is 734 g/mol. The number of hydrogen-bond acceptors (Lipinski definition) is 3. The zero-order valence-electron chi connectivity index (χ0n) is 31.6. The van der Waals surface area contributed by atoms with Crippen LogP contribution < -0.4 is 0 Å². The van der Waals surface area contributed by atoms with Crippen LogP contribution >= 0.6 is 23.5 Å². The molecular formula is C50H55NS2. The third-order valence-corrected chi connectivity index (χ3v) is 17.3. The van der Waals surface area contributed by atoms with Gasteiger partial charge in [0.2, 0.25) is 0 Å². The number of likely N-dealkylation sites (tertiary alicyclic amines) is 1. The molecule has 7 unspecified atom stereocenters. The molecule has 11 rings (SSSR count). The predicted molar refractivity (Wildman–Crippen MR) is 226 cm³/mol. The normalized spacial score (nSPS) is 35.8. The number of allylic oxidation sites excluding steroid dienone is 15. The molecule has 1 saturated heterocycles. The molecule has 53 heavy (non-hydrogen) atoms. The molecule has 3 aliphatic heterocycles. The summed E-state index contributed by atoms with van der Waals surface area (Å²) in [4.78, 5) is 9.40. The first kappa shape index (κ1) is 33.5. The summed E-state index contributed by atoms with van der Waals surface area (Å²) in [6.45, 7) is 2.57. The Morgan fingerprint density at radius 2 is 1.62 bits per heavy atom. The molecule has 7 aliphatic carbocycles. The standard InChI is InChI=1S/C50H55NS2/c1-32-27-29-37-36-19-8-11-23-42(36)51(35-17-6-3-7-18-35)49(37)47(32)38-20-14-26-46-48(38)50(39-21-9-12-24-43(39)52-44-25-13-10-22-40(44)50)41-31-34(28-30-45(41)53-46)33-15-4-2-5-16-33/h8-9,11,17,19-23,25,27-33,36-37,42,47,49H,2-7,10,12-16,18,24,26H2,1H3. The van der Waals surface area contributed by atoms with Gasteiger partial charge < -0.3 is 4.90 Å². The minimum absolute atomic E-state index is 0.243. The van der Waals surface area contributed by atoms with Crippen molar-refractivity contribution in [1.29, 1.82) is 0 Å². The van der Waals surface area contributed by atoms with Crippen LogP contribution in [-0.4, -0.2) is 17.0 Å². The number of nitrogens with zero attached hydrogens (tertiary/aromatic N) is 1. The minimum atomic E-state index is -0.243. The molecule has 3 heteroatoms. The quantitative estimate of drug-likeness (QED) is 0.285. The largest absolute Gasteiger partial charge is 0.364 e. The van der Waals surface area contributed by atoms with Gasteiger partial charge in [0, 0.05) is 39.3 Å². The molecule has 0 aromatic heterocycles. The summed E-state index contributed by atoms with van der Waals surface area (Å²) < 4.78 is 0. The van der Waals surface area contributed by atoms with E-state index in [1.165, 1.54) is 75.5 Å². The van der Waals surface area contributed by atoms with Gasteiger partial charge in [-0.15, -0.1) is 0 Å². The van der Waals surface area contributed by atoms with E-state index < -0.39 is 0 Å². The van der Waals surface area contributed by atoms with Crippen molar-refractivity contribution in [2.24, 2.45) is 23.7 Å². The van der Waals surface area contributed by atoms with E-state index in [-0.39, 0.29) is 5.41 Å². The molecule has 272 valence electrons. The fraction of sp³-hybridized carbons (Fsp3) is 0.480. The lowest BCUT2D eigenvalue weighted by Crippen LogP contribution is -2.48. The summed E-state index contributed by atoms with van der Waals surface area (Å²) in [5, 5.41) is 0. The van der Waals surface area contributed by atoms with Crippen LogP contribution in [0.25, 0.3) is 0 Å². The van der Waals surface area contributed by atoms with Crippen LogP contribution in [0.4, 0.5) is 0 Å². The van der Waals surface area contributed by atoms with Gasteiger partial charge in [-0.05, 0) is 138 Å². The second-order valence-corrected chi connectivity index (χ2v) is 19.9. The summed E-state index contributed by atoms with van der Waals surface area (Å²) in [7, 11) is 0. The Morgan fingerprint density at radius 1 is 0.736 bits per heavy atom. The molecule has 1 aromatic carbocycles. The first-order valence-electron chi connectivity index (χ1n) is 21.5. The van der Waals surface area contributed by atoms with Gasteiger partial charge in [-0.2, -0.15) is 0 Å². The van der Waals surface area contributed by atoms with Gasteiger partial charge in [0.05, 0.1) is 11.5 Å². The highest BCUT2D eigenvalue weighted by Gasteiger charge is 2.58. The summed E-state index contributed by atoms with van der Waals surface area (Å²) in [5.41, 5.74) is 11.3. The van der Waals surface area contributed by atoms with Crippen molar-refractivity contribution < 1.29 is 0 Å². The third-order valence-electron chi connectivity index (χ3n) is 14.8. The summed E-state index contributed by atoms with van der Waals surface area (Å²) in [6.07, 6.45) is 50.0. The second kappa shape index (κ2) is 13.4. The SMILES string of the molecule is CC1C=CC2C3C=CC=CC3N(C3=CCCCC3)C2C1C1=CCCC2=C1C1(C3=CCCC=C3SC3=C1C=CCC3)c1cc(C3CCCCC3)ccc1S2. The zero-order valence-corrected chi connectivity index (χ0v) is 33.2. The van der Waals surface area contributed by atoms with E-state index in [9.17, 15) is 0 Å². The maximum Gasteiger partial charge on any atom is 0.0738 e. The molecular weight excluding hydrogens is 679 g/mol. The Labute approximate surface area is 327 Å². The number of benzene rings is 1. The first-order valence-corrected chi connectivity index (χ1v) is 23.1. The van der Waals surface area contributed by atoms with E-state index in [1.807, 2.05) is 0 Å². The Bertz CT molecular complexity index is 2030. The van der Waals surface area contributed by atoms with E-state index in [0.29, 0.717) is 41.7 Å². The van der Waals surface area contributed by atoms with Crippen molar-refractivity contribution in [3.05, 3.63) is 145 Å². The van der Waals surface area contributed by atoms with Crippen molar-refractivity contribution in [3.63, 3.8) is 0 Å². The van der Waals surface area contributed by atoms with Crippen molar-refractivity contribution >= 4 is 23.5 Å². The number of hydrogen-bond donors (Lipinski definition) is 0. The lowest BCUT2D eigenvalue weighted by Gasteiger charge is -2.54. The van der Waals surface area contributed by atoms with E-state index in [0.717, 1.165) is 25.7 Å². The van der Waals surface area contributed by atoms with Gasteiger partial charge in [0.1, 0.15) is 0 Å². The van der Waals surface area contributed by atoms with Crippen LogP contribution in [0.5, 0.6) is 0 Å². The van der Waals surface area contributed by atoms with Crippen LogP contribution in [0, 0.1) is 23.7 Å². The Morgan fingerprint density at radius 3 is 2.53 bits per heavy atom. The molecule has 1 nitrogen and oxygen atoms in total. The van der Waals surface area contributed by atoms with Crippen LogP contribution in [0.2, 0.25) is 0 Å². The van der Waals surface area contributed by atoms with E-state index in [1.54, 1.807) is 53.8 Å². The van der Waals surface area contributed by atoms with Gasteiger partial charge in [-0.3, -0.25) is 0 Å². The van der Waals surface area contributed by atoms with Crippen LogP contribution in [0.3, 0.4) is 0 Å². The number of thioether (sulfide) groups is 2. The monoisotopic (exact) mass is 733 g/mol. The summed E-state index contributed by atoms with van der Waals surface area (Å²) >= 11 is 4.29. The molecule has 10 aliphatic rings. The van der Waals surface area contributed by atoms with Gasteiger partial charge in [-0.1, -0.05) is 135 Å². The van der Waals surface area contributed by atoms with Gasteiger partial charge in [-0.25, -0.2) is 0 Å². The predicted octanol–water partition coefficient (Wildman–Crippen LogP) is 13.7. The second-order valence-electron chi connectivity index (χ2n) is 17.6. The van der Waals surface area contributed by atoms with Gasteiger partial charge in [0.25, 0.3) is 0 Å². The third kappa shape index (κ3) is 5.11. The fourth-order valence-corrected chi connectivity index (χ4v) is 15.3. The first-order chi connectivity index (χ1) is 26.2. The van der Waals surface area contributed by atoms with Gasteiger partial charge in [0.15, 0.2) is 0 Å². The maximum atomic E-state index is 3.00. The molecule has 7 atom stereocenters. The lowest BCUT2D eigenvalue weighted by molar-refractivity contribution is 0.172. The summed E-state index contributed by atoms with van der Waals surface area (Å²) in [5.74, 6) is 2.71. The van der Waals surface area contributed by atoms with E-state index in [4.69, 9.17) is 0 Å². The smallest absolute Gasteiger partial charge is 0.0738 e. The molecule has 1 saturated carbocycles. The Hall–Kier alpha value is -2.88. The Kier molecular flexibility index (Phi) is 8.46. The van der Waals surface area contributed by atoms with Crippen molar-refractivity contribution in [3.8, 4) is 0 Å². The van der Waals surface area contributed by atoms with E-state index in [2.05, 4.69) is 126 Å². The minimum Gasteiger partial charge on any atom is -0.364 e. The highest BCUT2D eigenvalue weighted by Crippen LogP contribution is 2.68.